The molecule has 0 radical (unpaired) electrons. The molecule has 0 saturated heterocycles. The summed E-state index contributed by atoms with van der Waals surface area (Å²) < 4.78 is 33.0. The molecule has 0 aliphatic carbocycles. The van der Waals surface area contributed by atoms with Gasteiger partial charge in [-0.05, 0) is 59.7 Å². The number of nitrogens with zero attached hydrogens (tertiary/aromatic N) is 5. The fraction of sp³-hybridized carbons (Fsp3) is 0.300. The summed E-state index contributed by atoms with van der Waals surface area (Å²) in [7, 11) is 0.495. The van der Waals surface area contributed by atoms with E-state index >= 15 is 0 Å². The number of anilines is 1. The number of thioether (sulfide) groups is 1. The van der Waals surface area contributed by atoms with E-state index in [2.05, 4.69) is 20.8 Å². The molecular weight excluding hydrogens is 452 g/mol. The molecule has 1 amide bonds. The van der Waals surface area contributed by atoms with E-state index in [1.807, 2.05) is 32.0 Å². The number of nitrogens with one attached hydrogen (secondary N) is 1. The largest absolute Gasteiger partial charge is 0.495 e. The summed E-state index contributed by atoms with van der Waals surface area (Å²) in [5, 5.41) is 15.0. The Balaban J connectivity index is 1.75. The molecule has 3 rings (SSSR count). The van der Waals surface area contributed by atoms with Gasteiger partial charge >= 0.3 is 0 Å². The van der Waals surface area contributed by atoms with E-state index in [-0.39, 0.29) is 22.3 Å². The summed E-state index contributed by atoms with van der Waals surface area (Å²) in [5.41, 5.74) is 3.33. The zero-order chi connectivity index (χ0) is 23.5. The van der Waals surface area contributed by atoms with Crippen LogP contribution in [0.2, 0.25) is 0 Å². The highest BCUT2D eigenvalue weighted by atomic mass is 32.2. The lowest BCUT2D eigenvalue weighted by Crippen LogP contribution is -2.23. The lowest BCUT2D eigenvalue weighted by molar-refractivity contribution is -0.113. The summed E-state index contributed by atoms with van der Waals surface area (Å²) in [6, 6.07) is 10.3. The first kappa shape index (κ1) is 23.7. The smallest absolute Gasteiger partial charge is 0.246 e. The van der Waals surface area contributed by atoms with E-state index in [1.54, 1.807) is 10.7 Å². The monoisotopic (exact) mass is 476 g/mol. The van der Waals surface area contributed by atoms with Crippen LogP contribution in [0.1, 0.15) is 11.1 Å². The number of aromatic nitrogens is 4. The van der Waals surface area contributed by atoms with Crippen LogP contribution in [0.4, 0.5) is 5.69 Å². The van der Waals surface area contributed by atoms with Crippen LogP contribution in [-0.4, -0.2) is 65.8 Å². The van der Waals surface area contributed by atoms with Crippen molar-refractivity contribution in [3.63, 3.8) is 0 Å². The van der Waals surface area contributed by atoms with E-state index < -0.39 is 10.0 Å². The number of benzene rings is 2. The Hall–Kier alpha value is -2.96. The molecule has 0 aliphatic rings. The van der Waals surface area contributed by atoms with Gasteiger partial charge < -0.3 is 10.1 Å². The van der Waals surface area contributed by atoms with E-state index in [1.165, 1.54) is 45.1 Å². The molecular formula is C20H24N6O4S2. The first-order chi connectivity index (χ1) is 15.1. The maximum Gasteiger partial charge on any atom is 0.246 e. The number of methoxy groups -OCH3 is 1. The normalized spacial score (nSPS) is 11.6. The fourth-order valence-electron chi connectivity index (χ4n) is 2.87. The number of amides is 1. The number of tetrazole rings is 1. The van der Waals surface area contributed by atoms with Gasteiger partial charge in [-0.25, -0.2) is 12.7 Å². The van der Waals surface area contributed by atoms with Gasteiger partial charge in [-0.2, -0.15) is 4.68 Å². The van der Waals surface area contributed by atoms with Gasteiger partial charge in [0.1, 0.15) is 10.6 Å². The van der Waals surface area contributed by atoms with E-state index in [9.17, 15) is 13.2 Å². The minimum absolute atomic E-state index is 0.0330. The SMILES string of the molecule is COc1ccc(NC(=O)CSc2nnnn2-c2cccc(C)c2C)cc1S(=O)(=O)N(C)C. The molecule has 1 heterocycles. The van der Waals surface area contributed by atoms with Gasteiger partial charge in [-0.15, -0.1) is 5.10 Å². The van der Waals surface area contributed by atoms with Crippen LogP contribution >= 0.6 is 11.8 Å². The molecule has 0 unspecified atom stereocenters. The average Bonchev–Trinajstić information content (AvgIpc) is 3.22. The van der Waals surface area contributed by atoms with Gasteiger partial charge in [-0.1, -0.05) is 23.9 Å². The van der Waals surface area contributed by atoms with Crippen LogP contribution in [0.5, 0.6) is 5.75 Å². The molecule has 0 aliphatic heterocycles. The minimum atomic E-state index is -3.75. The third kappa shape index (κ3) is 4.92. The maximum absolute atomic E-state index is 12.6. The van der Waals surface area contributed by atoms with Crippen LogP contribution < -0.4 is 10.1 Å². The van der Waals surface area contributed by atoms with Crippen LogP contribution in [-0.2, 0) is 14.8 Å². The maximum atomic E-state index is 12.6. The standard InChI is InChI=1S/C20H24N6O4S2/c1-13-7-6-8-16(14(13)2)26-20(22-23-24-26)31-12-19(27)21-15-9-10-17(30-5)18(11-15)32(28,29)25(3)4/h6-11H,12H2,1-5H3,(H,21,27). The molecule has 0 saturated carbocycles. The number of aryl methyl sites for hydroxylation is 1. The van der Waals surface area contributed by atoms with Crippen molar-refractivity contribution >= 4 is 33.4 Å². The Kier molecular flexibility index (Phi) is 7.16. The number of hydrogen-bond acceptors (Lipinski definition) is 8. The predicted molar refractivity (Wildman–Crippen MR) is 122 cm³/mol. The van der Waals surface area contributed by atoms with Gasteiger partial charge in [0.25, 0.3) is 0 Å². The topological polar surface area (TPSA) is 119 Å². The Labute approximate surface area is 191 Å². The summed E-state index contributed by atoms with van der Waals surface area (Å²) in [6.07, 6.45) is 0. The zero-order valence-electron chi connectivity index (χ0n) is 18.4. The number of carbonyl (C=O) groups is 1. The van der Waals surface area contributed by atoms with Crippen molar-refractivity contribution in [2.45, 2.75) is 23.9 Å². The molecule has 12 heteroatoms. The molecule has 170 valence electrons. The van der Waals surface area contributed by atoms with Crippen molar-refractivity contribution in [2.75, 3.05) is 32.3 Å². The van der Waals surface area contributed by atoms with Crippen molar-refractivity contribution in [1.82, 2.24) is 24.5 Å². The fourth-order valence-corrected chi connectivity index (χ4v) is 4.62. The quantitative estimate of drug-likeness (QED) is 0.492. The molecule has 3 aromatic rings. The summed E-state index contributed by atoms with van der Waals surface area (Å²) in [4.78, 5) is 12.5. The summed E-state index contributed by atoms with van der Waals surface area (Å²) in [6.45, 7) is 3.99. The molecule has 1 N–H and O–H groups in total. The predicted octanol–water partition coefficient (Wildman–Crippen LogP) is 2.27. The van der Waals surface area contributed by atoms with Crippen molar-refractivity contribution < 1.29 is 17.9 Å². The number of ether oxygens (including phenoxy) is 1. The zero-order valence-corrected chi connectivity index (χ0v) is 20.0. The Morgan fingerprint density at radius 2 is 1.97 bits per heavy atom. The first-order valence-electron chi connectivity index (χ1n) is 9.53. The van der Waals surface area contributed by atoms with Crippen LogP contribution in [0, 0.1) is 13.8 Å². The van der Waals surface area contributed by atoms with Crippen molar-refractivity contribution in [2.24, 2.45) is 0 Å². The molecule has 32 heavy (non-hydrogen) atoms. The van der Waals surface area contributed by atoms with Crippen molar-refractivity contribution in [1.29, 1.82) is 0 Å². The minimum Gasteiger partial charge on any atom is -0.495 e. The highest BCUT2D eigenvalue weighted by Gasteiger charge is 2.23. The van der Waals surface area contributed by atoms with Gasteiger partial charge in [0.2, 0.25) is 21.1 Å². The molecule has 0 atom stereocenters. The van der Waals surface area contributed by atoms with Crippen molar-refractivity contribution in [3.8, 4) is 11.4 Å². The van der Waals surface area contributed by atoms with Gasteiger partial charge in [0, 0.05) is 19.8 Å². The number of sulfonamides is 1. The molecule has 0 fully saturated rings. The molecule has 0 spiro atoms. The van der Waals surface area contributed by atoms with E-state index in [4.69, 9.17) is 4.74 Å². The van der Waals surface area contributed by atoms with E-state index in [0.717, 1.165) is 21.1 Å². The third-order valence-electron chi connectivity index (χ3n) is 4.78. The number of carbonyl (C=O) groups excluding carboxylic acids is 1. The second kappa shape index (κ2) is 9.67. The van der Waals surface area contributed by atoms with Crippen LogP contribution in [0.25, 0.3) is 5.69 Å². The lowest BCUT2D eigenvalue weighted by atomic mass is 10.1. The molecule has 1 aromatic heterocycles. The number of hydrogen-bond donors (Lipinski definition) is 1. The average molecular weight is 477 g/mol. The second-order valence-corrected chi connectivity index (χ2v) is 10.1. The highest BCUT2D eigenvalue weighted by molar-refractivity contribution is 7.99. The van der Waals surface area contributed by atoms with Gasteiger partial charge in [0.15, 0.2) is 0 Å². The Morgan fingerprint density at radius 3 is 2.66 bits per heavy atom. The number of rotatable bonds is 8. The lowest BCUT2D eigenvalue weighted by Gasteiger charge is -2.16. The summed E-state index contributed by atoms with van der Waals surface area (Å²) >= 11 is 1.18. The molecule has 2 aromatic carbocycles. The molecule has 10 nitrogen and oxygen atoms in total. The highest BCUT2D eigenvalue weighted by Crippen LogP contribution is 2.29. The Morgan fingerprint density at radius 1 is 1.22 bits per heavy atom. The Bertz CT molecular complexity index is 1240. The van der Waals surface area contributed by atoms with Gasteiger partial charge in [0.05, 0.1) is 18.6 Å². The van der Waals surface area contributed by atoms with Crippen LogP contribution in [0.15, 0.2) is 46.5 Å². The van der Waals surface area contributed by atoms with E-state index in [0.29, 0.717) is 10.8 Å². The molecule has 0 bridgehead atoms. The third-order valence-corrected chi connectivity index (χ3v) is 7.54. The van der Waals surface area contributed by atoms with Gasteiger partial charge in [-0.3, -0.25) is 4.79 Å². The van der Waals surface area contributed by atoms with Crippen molar-refractivity contribution in [3.05, 3.63) is 47.5 Å². The second-order valence-electron chi connectivity index (χ2n) is 7.08. The first-order valence-corrected chi connectivity index (χ1v) is 12.0. The summed E-state index contributed by atoms with van der Waals surface area (Å²) in [5.74, 6) is -0.102. The van der Waals surface area contributed by atoms with Crippen LogP contribution in [0.3, 0.4) is 0 Å².